The summed E-state index contributed by atoms with van der Waals surface area (Å²) in [5.74, 6) is 1.13. The molecule has 0 bridgehead atoms. The molecule has 0 saturated carbocycles. The highest BCUT2D eigenvalue weighted by atomic mass is 16.5. The molecule has 1 N–H and O–H groups in total. The van der Waals surface area contributed by atoms with Gasteiger partial charge in [0.2, 0.25) is 0 Å². The largest absolute Gasteiger partial charge is 0.496 e. The van der Waals surface area contributed by atoms with Crippen LogP contribution in [-0.2, 0) is 16.0 Å². The van der Waals surface area contributed by atoms with E-state index in [9.17, 15) is 4.79 Å². The van der Waals surface area contributed by atoms with Crippen LogP contribution in [0.2, 0.25) is 0 Å². The molecule has 0 aliphatic carbocycles. The third-order valence-corrected chi connectivity index (χ3v) is 3.28. The lowest BCUT2D eigenvalue weighted by atomic mass is 10.0. The van der Waals surface area contributed by atoms with Crippen molar-refractivity contribution in [2.75, 3.05) is 21.3 Å². The lowest BCUT2D eigenvalue weighted by Gasteiger charge is -2.18. The number of hydrogen-bond acceptors (Lipinski definition) is 5. The average molecular weight is 265 g/mol. The maximum absolute atomic E-state index is 11.8. The predicted octanol–water partition coefficient (Wildman–Crippen LogP) is 1.45. The second kappa shape index (κ2) is 5.48. The molecule has 1 aromatic carbocycles. The van der Waals surface area contributed by atoms with E-state index in [1.807, 2.05) is 19.1 Å². The molecule has 0 radical (unpaired) electrons. The molecule has 2 atom stereocenters. The molecule has 1 aliphatic heterocycles. The maximum atomic E-state index is 11.8. The molecule has 0 fully saturated rings. The Morgan fingerprint density at radius 3 is 2.79 bits per heavy atom. The zero-order valence-corrected chi connectivity index (χ0v) is 11.6. The minimum atomic E-state index is -0.565. The van der Waals surface area contributed by atoms with Gasteiger partial charge in [-0.2, -0.15) is 0 Å². The summed E-state index contributed by atoms with van der Waals surface area (Å²) in [4.78, 5) is 11.8. The lowest BCUT2D eigenvalue weighted by Crippen LogP contribution is -2.27. The van der Waals surface area contributed by atoms with Crippen molar-refractivity contribution in [2.24, 2.45) is 0 Å². The summed E-state index contributed by atoms with van der Waals surface area (Å²) in [6.07, 6.45) is 1.01. The number of rotatable bonds is 4. The monoisotopic (exact) mass is 265 g/mol. The highest BCUT2D eigenvalue weighted by molar-refractivity contribution is 5.79. The number of likely N-dealkylation sites (N-methyl/N-ethyl adjacent to an activating group) is 1. The van der Waals surface area contributed by atoms with E-state index < -0.39 is 6.04 Å². The smallest absolute Gasteiger partial charge is 0.327 e. The molecule has 1 aliphatic rings. The Labute approximate surface area is 112 Å². The van der Waals surface area contributed by atoms with Crippen LogP contribution in [0.25, 0.3) is 0 Å². The number of carbonyl (C=O) groups excluding carboxylic acids is 1. The van der Waals surface area contributed by atoms with Gasteiger partial charge in [0.25, 0.3) is 0 Å². The average Bonchev–Trinajstić information content (AvgIpc) is 2.77. The summed E-state index contributed by atoms with van der Waals surface area (Å²) in [5, 5.41) is 2.94. The normalized spacial score (nSPS) is 18.4. The third-order valence-electron chi connectivity index (χ3n) is 3.28. The minimum absolute atomic E-state index is 0.154. The summed E-state index contributed by atoms with van der Waals surface area (Å²) < 4.78 is 15.9. The van der Waals surface area contributed by atoms with Gasteiger partial charge >= 0.3 is 5.97 Å². The lowest BCUT2D eigenvalue weighted by molar-refractivity contribution is -0.143. The fourth-order valence-corrected chi connectivity index (χ4v) is 2.38. The predicted molar refractivity (Wildman–Crippen MR) is 70.6 cm³/mol. The molecule has 1 aromatic rings. The molecule has 0 amide bonds. The van der Waals surface area contributed by atoms with E-state index in [1.54, 1.807) is 14.2 Å². The first kappa shape index (κ1) is 13.7. The maximum Gasteiger partial charge on any atom is 0.327 e. The Morgan fingerprint density at radius 1 is 1.47 bits per heavy atom. The molecular weight excluding hydrogens is 246 g/mol. The number of nitrogens with one attached hydrogen (secondary N) is 1. The molecule has 0 saturated heterocycles. The fourth-order valence-electron chi connectivity index (χ4n) is 2.38. The van der Waals surface area contributed by atoms with E-state index in [2.05, 4.69) is 5.32 Å². The van der Waals surface area contributed by atoms with Crippen LogP contribution in [0.1, 0.15) is 24.1 Å². The summed E-state index contributed by atoms with van der Waals surface area (Å²) in [7, 11) is 4.66. The van der Waals surface area contributed by atoms with Crippen molar-refractivity contribution in [2.45, 2.75) is 25.5 Å². The first-order valence-corrected chi connectivity index (χ1v) is 6.23. The van der Waals surface area contributed by atoms with Crippen molar-refractivity contribution in [1.82, 2.24) is 5.32 Å². The molecule has 104 valence electrons. The van der Waals surface area contributed by atoms with Crippen molar-refractivity contribution in [1.29, 1.82) is 0 Å². The van der Waals surface area contributed by atoms with Crippen LogP contribution in [0.3, 0.4) is 0 Å². The van der Waals surface area contributed by atoms with Gasteiger partial charge in [0.15, 0.2) is 0 Å². The highest BCUT2D eigenvalue weighted by Gasteiger charge is 2.28. The van der Waals surface area contributed by atoms with Crippen LogP contribution in [0.5, 0.6) is 11.5 Å². The van der Waals surface area contributed by atoms with Crippen LogP contribution in [0.4, 0.5) is 0 Å². The zero-order valence-electron chi connectivity index (χ0n) is 11.6. The van der Waals surface area contributed by atoms with Crippen molar-refractivity contribution in [3.63, 3.8) is 0 Å². The van der Waals surface area contributed by atoms with Gasteiger partial charge in [-0.1, -0.05) is 0 Å². The fraction of sp³-hybridized carbons (Fsp3) is 0.500. The van der Waals surface area contributed by atoms with Crippen molar-refractivity contribution in [3.05, 3.63) is 23.3 Å². The van der Waals surface area contributed by atoms with E-state index in [1.165, 1.54) is 7.11 Å². The van der Waals surface area contributed by atoms with E-state index in [-0.39, 0.29) is 12.1 Å². The van der Waals surface area contributed by atoms with Gasteiger partial charge in [0.1, 0.15) is 23.6 Å². The standard InChI is InChI=1S/C14H19NO4/c1-8-5-9-6-12(17-3)10(7-11(9)19-8)13(15-2)14(16)18-4/h6-8,13,15H,5H2,1-4H3. The van der Waals surface area contributed by atoms with Crippen LogP contribution < -0.4 is 14.8 Å². The van der Waals surface area contributed by atoms with Gasteiger partial charge < -0.3 is 19.5 Å². The van der Waals surface area contributed by atoms with E-state index in [0.29, 0.717) is 5.75 Å². The molecule has 1 heterocycles. The molecule has 2 unspecified atom stereocenters. The van der Waals surface area contributed by atoms with Crippen molar-refractivity contribution in [3.8, 4) is 11.5 Å². The topological polar surface area (TPSA) is 56.8 Å². The summed E-state index contributed by atoms with van der Waals surface area (Å²) in [6.45, 7) is 2.02. The Kier molecular flexibility index (Phi) is 3.95. The quantitative estimate of drug-likeness (QED) is 0.835. The summed E-state index contributed by atoms with van der Waals surface area (Å²) >= 11 is 0. The third kappa shape index (κ3) is 2.51. The molecule has 0 aromatic heterocycles. The van der Waals surface area contributed by atoms with Crippen LogP contribution in [0.15, 0.2) is 12.1 Å². The Balaban J connectivity index is 2.44. The second-order valence-corrected chi connectivity index (χ2v) is 4.58. The van der Waals surface area contributed by atoms with Gasteiger partial charge in [-0.3, -0.25) is 0 Å². The summed E-state index contributed by atoms with van der Waals surface area (Å²) in [6, 6.07) is 3.22. The molecule has 0 spiro atoms. The zero-order chi connectivity index (χ0) is 14.0. The van der Waals surface area contributed by atoms with E-state index in [4.69, 9.17) is 14.2 Å². The van der Waals surface area contributed by atoms with Gasteiger partial charge in [-0.15, -0.1) is 0 Å². The van der Waals surface area contributed by atoms with Crippen LogP contribution >= 0.6 is 0 Å². The van der Waals surface area contributed by atoms with Gasteiger partial charge in [-0.25, -0.2) is 4.79 Å². The summed E-state index contributed by atoms with van der Waals surface area (Å²) in [5.41, 5.74) is 1.83. The van der Waals surface area contributed by atoms with E-state index in [0.717, 1.165) is 23.3 Å². The van der Waals surface area contributed by atoms with Crippen molar-refractivity contribution >= 4 is 5.97 Å². The van der Waals surface area contributed by atoms with Crippen LogP contribution in [0, 0.1) is 0 Å². The molecule has 5 heteroatoms. The van der Waals surface area contributed by atoms with E-state index >= 15 is 0 Å². The molecule has 5 nitrogen and oxygen atoms in total. The van der Waals surface area contributed by atoms with Gasteiger partial charge in [-0.05, 0) is 26.1 Å². The van der Waals surface area contributed by atoms with Crippen LogP contribution in [-0.4, -0.2) is 33.3 Å². The first-order valence-electron chi connectivity index (χ1n) is 6.23. The Bertz CT molecular complexity index is 487. The molecule has 19 heavy (non-hydrogen) atoms. The number of carbonyl (C=O) groups is 1. The van der Waals surface area contributed by atoms with Gasteiger partial charge in [0, 0.05) is 17.5 Å². The van der Waals surface area contributed by atoms with Gasteiger partial charge in [0.05, 0.1) is 14.2 Å². The Hall–Kier alpha value is -1.75. The number of methoxy groups -OCH3 is 2. The minimum Gasteiger partial charge on any atom is -0.496 e. The first-order chi connectivity index (χ1) is 9.10. The number of esters is 1. The molecule has 2 rings (SSSR count). The molecular formula is C14H19NO4. The number of fused-ring (bicyclic) bond motifs is 1. The number of ether oxygens (including phenoxy) is 3. The highest BCUT2D eigenvalue weighted by Crippen LogP contribution is 2.37. The second-order valence-electron chi connectivity index (χ2n) is 4.58. The number of benzene rings is 1. The number of hydrogen-bond donors (Lipinski definition) is 1. The van der Waals surface area contributed by atoms with Crippen molar-refractivity contribution < 1.29 is 19.0 Å². The Morgan fingerprint density at radius 2 is 2.21 bits per heavy atom. The SMILES string of the molecule is CNC(C(=O)OC)c1cc2c(cc1OC)CC(C)O2.